The third-order valence-electron chi connectivity index (χ3n) is 7.18. The van der Waals surface area contributed by atoms with E-state index in [0.29, 0.717) is 0 Å². The van der Waals surface area contributed by atoms with E-state index in [1.807, 2.05) is 0 Å². The molecule has 46 heavy (non-hydrogen) atoms. The normalized spacial score (nSPS) is 10.7. The van der Waals surface area contributed by atoms with Crippen molar-refractivity contribution in [3.05, 3.63) is 120 Å². The van der Waals surface area contributed by atoms with Gasteiger partial charge in [-0.15, -0.1) is 69.1 Å². The van der Waals surface area contributed by atoms with E-state index < -0.39 is 12.3 Å². The van der Waals surface area contributed by atoms with Gasteiger partial charge in [0.2, 0.25) is 0 Å². The molecule has 0 aliphatic carbocycles. The van der Waals surface area contributed by atoms with E-state index >= 15 is 0 Å². The number of halogens is 4. The van der Waals surface area contributed by atoms with Crippen LogP contribution in [0, 0.1) is 13.8 Å². The summed E-state index contributed by atoms with van der Waals surface area (Å²) in [6.07, 6.45) is 0. The van der Waals surface area contributed by atoms with Crippen molar-refractivity contribution < 1.29 is 12.3 Å². The zero-order valence-corrected chi connectivity index (χ0v) is 33.4. The third kappa shape index (κ3) is 11.5. The molecule has 0 unspecified atom stereocenters. The van der Waals surface area contributed by atoms with Crippen molar-refractivity contribution in [2.24, 2.45) is 0 Å². The molecule has 6 rings (SSSR count). The van der Waals surface area contributed by atoms with Crippen LogP contribution in [0.15, 0.2) is 109 Å². The molecule has 0 atom stereocenters. The van der Waals surface area contributed by atoms with Gasteiger partial charge in [-0.3, -0.25) is 0 Å². The Labute approximate surface area is 297 Å². The minimum atomic E-state index is -3.11. The van der Waals surface area contributed by atoms with E-state index in [1.165, 1.54) is 66.3 Å². The molecule has 0 aromatic heterocycles. The summed E-state index contributed by atoms with van der Waals surface area (Å²) in [4.78, 5) is 4.24. The number of rotatable bonds is 4. The first-order valence-electron chi connectivity index (χ1n) is 14.9. The molecule has 0 heterocycles. The monoisotopic (exact) mass is 742 g/mol. The number of nitrogens with zero attached hydrogens (tertiary/aromatic N) is 2. The van der Waals surface area contributed by atoms with Crippen LogP contribution < -0.4 is 9.80 Å². The van der Waals surface area contributed by atoms with Crippen molar-refractivity contribution in [2.45, 2.75) is 26.9 Å². The van der Waals surface area contributed by atoms with Gasteiger partial charge in [0.1, 0.15) is 0 Å². The van der Waals surface area contributed by atoms with Crippen molar-refractivity contribution in [1.29, 1.82) is 0 Å². The Bertz CT molecular complexity index is 1670. The van der Waals surface area contributed by atoms with Crippen LogP contribution in [0.25, 0.3) is 43.8 Å². The molecule has 0 aliphatic rings. The third-order valence-corrected chi connectivity index (χ3v) is 7.18. The predicted octanol–water partition coefficient (Wildman–Crippen LogP) is 12.7. The van der Waals surface area contributed by atoms with Crippen molar-refractivity contribution in [3.63, 3.8) is 0 Å². The Morgan fingerprint density at radius 3 is 1.13 bits per heavy atom. The minimum absolute atomic E-state index is 1.08. The average molecular weight is 745 g/mol. The molecule has 0 aliphatic heterocycles. The average Bonchev–Trinajstić information content (AvgIpc) is 3.57. The number of benzene rings is 4. The molecule has 0 bridgehead atoms. The number of aryl methyl sites for hydroxylation is 2. The van der Waals surface area contributed by atoms with E-state index in [-0.39, 0.29) is 0 Å². The molecule has 242 valence electrons. The second-order valence-electron chi connectivity index (χ2n) is 11.5. The Morgan fingerprint density at radius 1 is 0.543 bits per heavy atom. The van der Waals surface area contributed by atoms with Gasteiger partial charge >= 0.3 is 49.6 Å². The maximum absolute atomic E-state index is 5.01. The SMILES string of the molecule is C[Si]C.Cc1cc2c(-c3ccc(N(C)C)cc3)cccc2[cH-]1.Cc1cc2c(-c3ccc(N(C)C)cc3)cccc2[cH-]1.[Cl][Ti]([Cl])([Cl])[Cl]. The van der Waals surface area contributed by atoms with Gasteiger partial charge in [0.15, 0.2) is 0 Å². The Hall–Kier alpha value is -2.21. The standard InChI is InChI=1S/2C18H18N.C2H6Si.4ClH.Ti/c2*1-13-11-15-5-4-6-17(18(15)12-13)14-7-9-16(10-8-14)19(2)3;1-3-2;;;;;/h2*4-12H,1-3H3;1-2H3;4*1H;/q2*-1;;;;;;+4/p-4. The van der Waals surface area contributed by atoms with Crippen molar-refractivity contribution in [3.8, 4) is 22.3 Å². The van der Waals surface area contributed by atoms with Gasteiger partial charge in [0.25, 0.3) is 0 Å². The van der Waals surface area contributed by atoms with Crippen LogP contribution in [0.5, 0.6) is 0 Å². The zero-order valence-electron chi connectivity index (χ0n) is 27.8. The van der Waals surface area contributed by atoms with Crippen LogP contribution >= 0.6 is 37.2 Å². The molecule has 0 fully saturated rings. The molecule has 2 nitrogen and oxygen atoms in total. The Morgan fingerprint density at radius 2 is 0.848 bits per heavy atom. The number of hydrogen-bond donors (Lipinski definition) is 0. The van der Waals surface area contributed by atoms with Crippen LogP contribution in [-0.2, 0) is 12.3 Å². The second-order valence-corrected chi connectivity index (χ2v) is 28.0. The molecular weight excluding hydrogens is 702 g/mol. The summed E-state index contributed by atoms with van der Waals surface area (Å²) in [7, 11) is 29.4. The van der Waals surface area contributed by atoms with E-state index in [0.717, 1.165) is 9.52 Å². The summed E-state index contributed by atoms with van der Waals surface area (Å²) in [5.74, 6) is 0. The van der Waals surface area contributed by atoms with Gasteiger partial charge in [-0.1, -0.05) is 74.5 Å². The Kier molecular flexibility index (Phi) is 14.8. The topological polar surface area (TPSA) is 6.48 Å². The van der Waals surface area contributed by atoms with Gasteiger partial charge in [-0.25, -0.2) is 0 Å². The van der Waals surface area contributed by atoms with Gasteiger partial charge in [0, 0.05) is 49.1 Å². The fourth-order valence-corrected chi connectivity index (χ4v) is 5.15. The van der Waals surface area contributed by atoms with Crippen LogP contribution in [0.1, 0.15) is 11.1 Å². The first-order valence-corrected chi connectivity index (χ1v) is 25.5. The number of fused-ring (bicyclic) bond motifs is 2. The van der Waals surface area contributed by atoms with E-state index in [4.69, 9.17) is 37.2 Å². The molecule has 6 aromatic rings. The van der Waals surface area contributed by atoms with Gasteiger partial charge < -0.3 is 9.80 Å². The first kappa shape index (κ1) is 38.2. The molecule has 0 saturated heterocycles. The molecule has 2 radical (unpaired) electrons. The fourth-order valence-electron chi connectivity index (χ4n) is 5.15. The van der Waals surface area contributed by atoms with Crippen LogP contribution in [-0.4, -0.2) is 37.7 Å². The molecule has 6 aromatic carbocycles. The number of hydrogen-bond acceptors (Lipinski definition) is 2. The zero-order chi connectivity index (χ0) is 34.0. The quantitative estimate of drug-likeness (QED) is 0.131. The number of anilines is 2. The van der Waals surface area contributed by atoms with E-state index in [1.54, 1.807) is 0 Å². The van der Waals surface area contributed by atoms with Crippen molar-refractivity contribution in [1.82, 2.24) is 0 Å². The molecule has 0 amide bonds. The van der Waals surface area contributed by atoms with Crippen LogP contribution in [0.2, 0.25) is 13.1 Å². The fraction of sp³-hybridized carbons (Fsp3) is 0.211. The first-order chi connectivity index (χ1) is 21.7. The summed E-state index contributed by atoms with van der Waals surface area (Å²) >= 11 is -3.11. The molecular formula is C38H42Cl4N2SiTi-2. The molecule has 0 saturated carbocycles. The van der Waals surface area contributed by atoms with Crippen molar-refractivity contribution >= 4 is 79.7 Å². The summed E-state index contributed by atoms with van der Waals surface area (Å²) in [6, 6.07) is 39.5. The Balaban J connectivity index is 0.000000204. The van der Waals surface area contributed by atoms with Crippen molar-refractivity contribution in [2.75, 3.05) is 38.0 Å². The molecule has 0 spiro atoms. The second kappa shape index (κ2) is 17.8. The van der Waals surface area contributed by atoms with E-state index in [2.05, 4.69) is 174 Å². The summed E-state index contributed by atoms with van der Waals surface area (Å²) in [6.45, 7) is 8.61. The van der Waals surface area contributed by atoms with Gasteiger partial charge in [-0.2, -0.15) is 12.1 Å². The molecule has 8 heteroatoms. The van der Waals surface area contributed by atoms with Crippen LogP contribution in [0.4, 0.5) is 11.4 Å². The van der Waals surface area contributed by atoms with E-state index in [9.17, 15) is 0 Å². The summed E-state index contributed by atoms with van der Waals surface area (Å²) in [5, 5.41) is 5.34. The van der Waals surface area contributed by atoms with Crippen LogP contribution in [0.3, 0.4) is 0 Å². The maximum atomic E-state index is 5.01. The summed E-state index contributed by atoms with van der Waals surface area (Å²) < 4.78 is 0. The van der Waals surface area contributed by atoms with Gasteiger partial charge in [-0.05, 0) is 35.4 Å². The molecule has 0 N–H and O–H groups in total. The predicted molar refractivity (Wildman–Crippen MR) is 209 cm³/mol. The van der Waals surface area contributed by atoms with Gasteiger partial charge in [0.05, 0.1) is 0 Å². The summed E-state index contributed by atoms with van der Waals surface area (Å²) in [5.41, 5.74) is 10.3.